The van der Waals surface area contributed by atoms with E-state index in [0.717, 1.165) is 11.6 Å². The van der Waals surface area contributed by atoms with Crippen molar-refractivity contribution in [3.63, 3.8) is 0 Å². The van der Waals surface area contributed by atoms with Crippen LogP contribution in [-0.4, -0.2) is 28.9 Å². The molecular formula is C33H32Cl2F2N2O3. The largest absolute Gasteiger partial charge is 0.481 e. The molecule has 0 bridgehead atoms. The van der Waals surface area contributed by atoms with Crippen molar-refractivity contribution < 1.29 is 23.5 Å². The minimum Gasteiger partial charge on any atom is -0.481 e. The van der Waals surface area contributed by atoms with E-state index in [4.69, 9.17) is 28.3 Å². The Morgan fingerprint density at radius 2 is 1.71 bits per heavy atom. The van der Waals surface area contributed by atoms with Crippen LogP contribution in [0, 0.1) is 28.4 Å². The number of hydrogen-bond donors (Lipinski definition) is 2. The maximum absolute atomic E-state index is 15.8. The van der Waals surface area contributed by atoms with Crippen LogP contribution in [0.5, 0.6) is 0 Å². The molecule has 3 aromatic rings. The maximum Gasteiger partial charge on any atom is 0.303 e. The van der Waals surface area contributed by atoms with Gasteiger partial charge >= 0.3 is 5.97 Å². The third-order valence-corrected chi connectivity index (χ3v) is 8.35. The monoisotopic (exact) mass is 612 g/mol. The number of nitrogens with one attached hydrogen (secondary N) is 1. The van der Waals surface area contributed by atoms with Crippen LogP contribution >= 0.6 is 23.2 Å². The topological polar surface area (TPSA) is 90.2 Å². The Kier molecular flexibility index (Phi) is 9.42. The second kappa shape index (κ2) is 12.5. The molecule has 0 unspecified atom stereocenters. The molecule has 0 aromatic heterocycles. The summed E-state index contributed by atoms with van der Waals surface area (Å²) in [5, 5.41) is 23.2. The standard InChI is InChI=1S/C33H32Cl2F2N2O3/c1-32(2,3)17-27-33(18-38,23-13-12-21(34)16-25(23)36)29(22-5-4-6-24(35)30(22)37)31(39-27)26(40)15-20-9-7-19(8-10-20)11-14-28(41)42/h4-10,12-13,16,27,29,31,39H,11,14-15,17H2,1-3H3,(H,41,42)/t27-,29-,31-,33-/m0/s1. The Morgan fingerprint density at radius 1 is 1.05 bits per heavy atom. The lowest BCUT2D eigenvalue weighted by molar-refractivity contribution is -0.137. The molecule has 1 fully saturated rings. The van der Waals surface area contributed by atoms with Gasteiger partial charge in [-0.05, 0) is 53.1 Å². The zero-order valence-electron chi connectivity index (χ0n) is 23.6. The van der Waals surface area contributed by atoms with Gasteiger partial charge in [0, 0.05) is 35.4 Å². The van der Waals surface area contributed by atoms with Gasteiger partial charge in [0.25, 0.3) is 0 Å². The maximum atomic E-state index is 15.8. The van der Waals surface area contributed by atoms with Gasteiger partial charge in [0.15, 0.2) is 5.78 Å². The van der Waals surface area contributed by atoms with E-state index in [9.17, 15) is 14.9 Å². The molecule has 220 valence electrons. The van der Waals surface area contributed by atoms with Crippen molar-refractivity contribution in [2.45, 2.75) is 69.9 Å². The van der Waals surface area contributed by atoms with Crippen LogP contribution in [0.3, 0.4) is 0 Å². The number of halogens is 4. The molecule has 1 heterocycles. The molecule has 5 nitrogen and oxygen atoms in total. The molecule has 4 rings (SSSR count). The zero-order valence-corrected chi connectivity index (χ0v) is 25.1. The number of carbonyl (C=O) groups excluding carboxylic acids is 1. The zero-order chi connectivity index (χ0) is 30.8. The van der Waals surface area contributed by atoms with Gasteiger partial charge in [0.2, 0.25) is 0 Å². The quantitative estimate of drug-likeness (QED) is 0.262. The number of aliphatic carboxylic acids is 1. The van der Waals surface area contributed by atoms with E-state index in [1.807, 2.05) is 20.8 Å². The fraction of sp³-hybridized carbons (Fsp3) is 0.364. The molecular weight excluding hydrogens is 581 g/mol. The highest BCUT2D eigenvalue weighted by Crippen LogP contribution is 2.53. The molecule has 0 amide bonds. The highest BCUT2D eigenvalue weighted by molar-refractivity contribution is 6.31. The summed E-state index contributed by atoms with van der Waals surface area (Å²) >= 11 is 12.3. The van der Waals surface area contributed by atoms with Gasteiger partial charge in [-0.25, -0.2) is 8.78 Å². The average molecular weight is 614 g/mol. The lowest BCUT2D eigenvalue weighted by atomic mass is 9.62. The van der Waals surface area contributed by atoms with Gasteiger partial charge in [0.1, 0.15) is 17.0 Å². The van der Waals surface area contributed by atoms with E-state index in [0.29, 0.717) is 18.4 Å². The van der Waals surface area contributed by atoms with Gasteiger partial charge in [-0.15, -0.1) is 0 Å². The van der Waals surface area contributed by atoms with Crippen LogP contribution in [0.2, 0.25) is 10.0 Å². The van der Waals surface area contributed by atoms with E-state index in [2.05, 4.69) is 11.4 Å². The van der Waals surface area contributed by atoms with Crippen molar-refractivity contribution in [1.29, 1.82) is 5.26 Å². The number of carbonyl (C=O) groups is 2. The number of benzene rings is 3. The summed E-state index contributed by atoms with van der Waals surface area (Å²) in [5.41, 5.74) is -0.467. The van der Waals surface area contributed by atoms with Crippen LogP contribution in [-0.2, 0) is 27.8 Å². The van der Waals surface area contributed by atoms with E-state index >= 15 is 8.78 Å². The number of nitrogens with zero attached hydrogens (tertiary/aromatic N) is 1. The fourth-order valence-corrected chi connectivity index (χ4v) is 6.34. The SMILES string of the molecule is CC(C)(C)C[C@@H]1N[C@@H](C(=O)Cc2ccc(CCC(=O)O)cc2)[C@H](c2cccc(Cl)c2F)[C@@]1(C#N)c1ccc(Cl)cc1F. The first-order valence-electron chi connectivity index (χ1n) is 13.7. The summed E-state index contributed by atoms with van der Waals surface area (Å²) < 4.78 is 31.5. The first-order valence-corrected chi connectivity index (χ1v) is 14.4. The number of aryl methyl sites for hydroxylation is 1. The molecule has 0 saturated carbocycles. The van der Waals surface area contributed by atoms with E-state index < -0.39 is 41.0 Å². The highest BCUT2D eigenvalue weighted by atomic mass is 35.5. The molecule has 0 radical (unpaired) electrons. The Morgan fingerprint density at radius 3 is 2.31 bits per heavy atom. The van der Waals surface area contributed by atoms with Gasteiger partial charge < -0.3 is 10.4 Å². The molecule has 1 aliphatic heterocycles. The predicted octanol–water partition coefficient (Wildman–Crippen LogP) is 7.42. The third-order valence-electron chi connectivity index (χ3n) is 7.82. The van der Waals surface area contributed by atoms with Crippen molar-refractivity contribution in [3.05, 3.63) is 105 Å². The molecule has 1 aliphatic rings. The summed E-state index contributed by atoms with van der Waals surface area (Å²) in [4.78, 5) is 25.0. The van der Waals surface area contributed by atoms with E-state index in [-0.39, 0.29) is 45.2 Å². The van der Waals surface area contributed by atoms with E-state index in [1.165, 1.54) is 24.3 Å². The number of carboxylic acid groups (broad SMARTS) is 1. The lowest BCUT2D eigenvalue weighted by Gasteiger charge is -2.37. The van der Waals surface area contributed by atoms with Gasteiger partial charge in [-0.3, -0.25) is 9.59 Å². The average Bonchev–Trinajstić information content (AvgIpc) is 3.22. The number of hydrogen-bond acceptors (Lipinski definition) is 4. The molecule has 1 saturated heterocycles. The summed E-state index contributed by atoms with van der Waals surface area (Å²) in [6, 6.07) is 16.1. The molecule has 4 atom stereocenters. The van der Waals surface area contributed by atoms with Gasteiger partial charge in [-0.1, -0.05) is 86.4 Å². The molecule has 0 spiro atoms. The van der Waals surface area contributed by atoms with Crippen molar-refractivity contribution in [1.82, 2.24) is 5.32 Å². The van der Waals surface area contributed by atoms with Gasteiger partial charge in [0.05, 0.1) is 17.1 Å². The number of carboxylic acids is 1. The Balaban J connectivity index is 1.85. The number of rotatable bonds is 9. The van der Waals surface area contributed by atoms with Crippen LogP contribution in [0.1, 0.15) is 61.8 Å². The van der Waals surface area contributed by atoms with Crippen LogP contribution in [0.4, 0.5) is 8.78 Å². The molecule has 42 heavy (non-hydrogen) atoms. The molecule has 0 aliphatic carbocycles. The lowest BCUT2D eigenvalue weighted by Crippen LogP contribution is -2.44. The van der Waals surface area contributed by atoms with Crippen molar-refractivity contribution in [2.24, 2.45) is 5.41 Å². The third kappa shape index (κ3) is 6.52. The smallest absolute Gasteiger partial charge is 0.303 e. The summed E-state index contributed by atoms with van der Waals surface area (Å²) in [7, 11) is 0. The Labute approximate surface area is 254 Å². The van der Waals surface area contributed by atoms with Crippen molar-refractivity contribution in [2.75, 3.05) is 0 Å². The Hall–Kier alpha value is -3.31. The first kappa shape index (κ1) is 31.6. The second-order valence-corrected chi connectivity index (χ2v) is 12.9. The minimum atomic E-state index is -1.69. The van der Waals surface area contributed by atoms with Crippen LogP contribution < -0.4 is 5.32 Å². The summed E-state index contributed by atoms with van der Waals surface area (Å²) in [6.07, 6.45) is 0.686. The highest BCUT2D eigenvalue weighted by Gasteiger charge is 2.60. The molecule has 3 aromatic carbocycles. The summed E-state index contributed by atoms with van der Waals surface area (Å²) in [5.74, 6) is -3.81. The normalized spacial score (nSPS) is 22.1. The van der Waals surface area contributed by atoms with Gasteiger partial charge in [-0.2, -0.15) is 5.26 Å². The van der Waals surface area contributed by atoms with Crippen LogP contribution in [0.15, 0.2) is 60.7 Å². The van der Waals surface area contributed by atoms with Crippen molar-refractivity contribution >= 4 is 35.0 Å². The summed E-state index contributed by atoms with van der Waals surface area (Å²) in [6.45, 7) is 5.93. The minimum absolute atomic E-state index is 0.0101. The second-order valence-electron chi connectivity index (χ2n) is 12.0. The number of ketones is 1. The van der Waals surface area contributed by atoms with E-state index in [1.54, 1.807) is 30.3 Å². The predicted molar refractivity (Wildman–Crippen MR) is 159 cm³/mol. The molecule has 2 N–H and O–H groups in total. The number of nitriles is 1. The Bertz CT molecular complexity index is 1530. The first-order chi connectivity index (χ1) is 19.8. The fourth-order valence-electron chi connectivity index (χ4n) is 5.99. The van der Waals surface area contributed by atoms with Crippen LogP contribution in [0.25, 0.3) is 0 Å². The number of Topliss-reactive ketones (excluding diaryl/α,β-unsaturated/α-hetero) is 1. The molecule has 9 heteroatoms. The van der Waals surface area contributed by atoms with Crippen molar-refractivity contribution in [3.8, 4) is 6.07 Å².